The van der Waals surface area contributed by atoms with Crippen LogP contribution in [0.2, 0.25) is 0 Å². The van der Waals surface area contributed by atoms with E-state index in [9.17, 15) is 0 Å². The van der Waals surface area contributed by atoms with Gasteiger partial charge in [0.15, 0.2) is 7.28 Å². The Morgan fingerprint density at radius 3 is 2.00 bits per heavy atom. The zero-order valence-electron chi connectivity index (χ0n) is 33.0. The van der Waals surface area contributed by atoms with Gasteiger partial charge < -0.3 is 18.7 Å². The maximum absolute atomic E-state index is 6.52. The number of rotatable bonds is 3. The molecule has 0 aliphatic carbocycles. The minimum absolute atomic E-state index is 0.0714. The number of hydrogen-bond acceptors (Lipinski definition) is 4. The van der Waals surface area contributed by atoms with Gasteiger partial charge in [-0.2, -0.15) is 0 Å². The molecule has 0 fully saturated rings. The molecule has 4 aromatic heterocycles. The number of furan rings is 2. The third-order valence-corrected chi connectivity index (χ3v) is 13.8. The first-order valence-corrected chi connectivity index (χ1v) is 21.1. The molecule has 8 aromatic carbocycles. The molecule has 4 nitrogen and oxygen atoms in total. The lowest BCUT2D eigenvalue weighted by Gasteiger charge is -2.25. The van der Waals surface area contributed by atoms with Gasteiger partial charge in [-0.05, 0) is 101 Å². The molecule has 0 unspecified atom stereocenters. The second kappa shape index (κ2) is 11.7. The Morgan fingerprint density at radius 1 is 0.576 bits per heavy atom. The van der Waals surface area contributed by atoms with Crippen LogP contribution in [0.15, 0.2) is 148 Å². The zero-order valence-corrected chi connectivity index (χ0v) is 33.8. The standard InChI is InChI=1S/C53H36BN2O2S/c1-28-21-38(34-26-49-37(33-13-7-10-16-48(33)59-49)22-41(34)55-30-19-17-29(18-20-30)53(2,3)4)51-52-50(28)39-25-46-35(31-11-5-8-14-44(31)57-46)23-42(39)56(52)43-24-36-32-12-6-9-15-45(32)58-47(36)27-40(43)54-51/h5-27,55H,1-4H3. The number of para-hydroxylation sites is 2. The molecule has 5 heterocycles. The Labute approximate surface area is 344 Å². The largest absolute Gasteiger partial charge is 0.456 e. The number of hydrogen-bond donors (Lipinski definition) is 1. The number of nitrogens with zero attached hydrogens (tertiary/aromatic N) is 1. The monoisotopic (exact) mass is 775 g/mol. The summed E-state index contributed by atoms with van der Waals surface area (Å²) in [7, 11) is 2.40. The molecule has 0 atom stereocenters. The van der Waals surface area contributed by atoms with E-state index in [0.29, 0.717) is 0 Å². The number of thiophene rings is 1. The van der Waals surface area contributed by atoms with Crippen LogP contribution in [0, 0.1) is 6.92 Å². The topological polar surface area (TPSA) is 43.2 Å². The average Bonchev–Trinajstić information content (AvgIpc) is 3.99. The van der Waals surface area contributed by atoms with Crippen LogP contribution in [-0.2, 0) is 5.41 Å². The van der Waals surface area contributed by atoms with Gasteiger partial charge in [0.2, 0.25) is 0 Å². The van der Waals surface area contributed by atoms with Gasteiger partial charge in [0.05, 0.1) is 5.52 Å². The predicted octanol–water partition coefficient (Wildman–Crippen LogP) is 13.9. The van der Waals surface area contributed by atoms with E-state index < -0.39 is 0 Å². The lowest BCUT2D eigenvalue weighted by atomic mass is 9.58. The molecule has 12 aromatic rings. The fourth-order valence-electron chi connectivity index (χ4n) is 9.82. The van der Waals surface area contributed by atoms with Crippen molar-refractivity contribution in [2.24, 2.45) is 0 Å². The number of anilines is 2. The summed E-state index contributed by atoms with van der Waals surface area (Å²) in [5.74, 6) is 0. The molecule has 279 valence electrons. The van der Waals surface area contributed by atoms with E-state index in [1.807, 2.05) is 23.5 Å². The van der Waals surface area contributed by atoms with Crippen molar-refractivity contribution in [2.75, 3.05) is 5.32 Å². The lowest BCUT2D eigenvalue weighted by Crippen LogP contribution is -2.37. The van der Waals surface area contributed by atoms with Crippen molar-refractivity contribution in [3.63, 3.8) is 0 Å². The van der Waals surface area contributed by atoms with Crippen molar-refractivity contribution in [3.8, 4) is 16.8 Å². The molecule has 0 spiro atoms. The highest BCUT2D eigenvalue weighted by atomic mass is 32.1. The fourth-order valence-corrected chi connectivity index (χ4v) is 10.9. The second-order valence-electron chi connectivity index (χ2n) is 17.3. The van der Waals surface area contributed by atoms with E-state index in [2.05, 4.69) is 172 Å². The highest BCUT2D eigenvalue weighted by Crippen LogP contribution is 2.45. The van der Waals surface area contributed by atoms with Crippen molar-refractivity contribution in [1.29, 1.82) is 0 Å². The Hall–Kier alpha value is -6.76. The number of nitrogens with one attached hydrogen (secondary N) is 1. The summed E-state index contributed by atoms with van der Waals surface area (Å²) in [6, 6.07) is 50.8. The Morgan fingerprint density at radius 2 is 1.25 bits per heavy atom. The molecule has 1 aliphatic heterocycles. The quantitative estimate of drug-likeness (QED) is 0.182. The summed E-state index contributed by atoms with van der Waals surface area (Å²) in [5.41, 5.74) is 16.6. The van der Waals surface area contributed by atoms with Gasteiger partial charge in [-0.3, -0.25) is 0 Å². The molecule has 13 rings (SSSR count). The van der Waals surface area contributed by atoms with Gasteiger partial charge in [0.1, 0.15) is 22.3 Å². The highest BCUT2D eigenvalue weighted by molar-refractivity contribution is 7.25. The van der Waals surface area contributed by atoms with Gasteiger partial charge in [-0.1, -0.05) is 99.0 Å². The molecule has 1 aliphatic rings. The third kappa shape index (κ3) is 4.72. The van der Waals surface area contributed by atoms with Crippen LogP contribution >= 0.6 is 11.3 Å². The van der Waals surface area contributed by atoms with Gasteiger partial charge in [0.25, 0.3) is 0 Å². The van der Waals surface area contributed by atoms with Gasteiger partial charge in [0, 0.05) is 80.6 Å². The predicted molar refractivity (Wildman–Crippen MR) is 252 cm³/mol. The van der Waals surface area contributed by atoms with E-state index in [1.54, 1.807) is 0 Å². The maximum atomic E-state index is 6.52. The number of aryl methyl sites for hydroxylation is 1. The van der Waals surface area contributed by atoms with E-state index in [-0.39, 0.29) is 5.41 Å². The average molecular weight is 776 g/mol. The molecule has 1 radical (unpaired) electrons. The molecule has 59 heavy (non-hydrogen) atoms. The summed E-state index contributed by atoms with van der Waals surface area (Å²) in [4.78, 5) is 0. The molecule has 0 saturated heterocycles. The number of benzene rings is 8. The minimum Gasteiger partial charge on any atom is -0.456 e. The van der Waals surface area contributed by atoms with Crippen LogP contribution in [0.3, 0.4) is 0 Å². The van der Waals surface area contributed by atoms with Crippen molar-refractivity contribution >= 4 is 127 Å². The summed E-state index contributed by atoms with van der Waals surface area (Å²) >= 11 is 1.86. The molecule has 0 saturated carbocycles. The summed E-state index contributed by atoms with van der Waals surface area (Å²) < 4.78 is 18.1. The van der Waals surface area contributed by atoms with E-state index >= 15 is 0 Å². The third-order valence-electron chi connectivity index (χ3n) is 12.7. The lowest BCUT2D eigenvalue weighted by molar-refractivity contribution is 0.590. The fraction of sp³-hybridized carbons (Fsp3) is 0.0943. The smallest absolute Gasteiger partial charge is 0.198 e. The number of aromatic nitrogens is 1. The Balaban J connectivity index is 1.13. The van der Waals surface area contributed by atoms with Gasteiger partial charge in [-0.15, -0.1) is 11.3 Å². The number of fused-ring (bicyclic) bond motifs is 14. The summed E-state index contributed by atoms with van der Waals surface area (Å²) in [6.07, 6.45) is 0. The van der Waals surface area contributed by atoms with Crippen LogP contribution in [0.25, 0.3) is 103 Å². The van der Waals surface area contributed by atoms with Crippen molar-refractivity contribution in [1.82, 2.24) is 4.57 Å². The highest BCUT2D eigenvalue weighted by Gasteiger charge is 2.30. The minimum atomic E-state index is 0.0714. The van der Waals surface area contributed by atoms with Gasteiger partial charge in [-0.25, -0.2) is 0 Å². The Kier molecular flexibility index (Phi) is 6.58. The second-order valence-corrected chi connectivity index (χ2v) is 18.4. The van der Waals surface area contributed by atoms with E-state index in [1.165, 1.54) is 69.7 Å². The normalized spacial score (nSPS) is 12.9. The van der Waals surface area contributed by atoms with Crippen molar-refractivity contribution < 1.29 is 8.83 Å². The SMILES string of the molecule is Cc1cc(-c2cc3sc4ccccc4c3cc2Nc2ccc(C(C)(C)C)cc2)c2c3c1c1cc4oc5ccccc5c4cc1n3-c1cc3c(cc1[B]2)oc1ccccc13. The van der Waals surface area contributed by atoms with Crippen LogP contribution < -0.4 is 16.2 Å². The molecular formula is C53H36BN2O2S. The zero-order chi connectivity index (χ0) is 39.3. The Bertz CT molecular complexity index is 3780. The summed E-state index contributed by atoms with van der Waals surface area (Å²) in [5, 5.41) is 13.4. The first kappa shape index (κ1) is 33.2. The first-order chi connectivity index (χ1) is 28.7. The van der Waals surface area contributed by atoms with Crippen LogP contribution in [-0.4, -0.2) is 11.8 Å². The summed E-state index contributed by atoms with van der Waals surface area (Å²) in [6.45, 7) is 9.06. The van der Waals surface area contributed by atoms with Crippen molar-refractivity contribution in [2.45, 2.75) is 33.1 Å². The van der Waals surface area contributed by atoms with E-state index in [0.717, 1.165) is 66.4 Å². The maximum Gasteiger partial charge on any atom is 0.198 e. The van der Waals surface area contributed by atoms with Crippen molar-refractivity contribution in [3.05, 3.63) is 151 Å². The van der Waals surface area contributed by atoms with Crippen LogP contribution in [0.1, 0.15) is 31.9 Å². The van der Waals surface area contributed by atoms with E-state index in [4.69, 9.17) is 8.83 Å². The first-order valence-electron chi connectivity index (χ1n) is 20.3. The molecule has 0 amide bonds. The molecule has 0 bridgehead atoms. The van der Waals surface area contributed by atoms with Crippen LogP contribution in [0.4, 0.5) is 11.4 Å². The van der Waals surface area contributed by atoms with Gasteiger partial charge >= 0.3 is 0 Å². The van der Waals surface area contributed by atoms with Crippen LogP contribution in [0.5, 0.6) is 0 Å². The molecule has 1 N–H and O–H groups in total. The molecular weight excluding hydrogens is 739 g/mol. The molecule has 6 heteroatoms.